The zero-order valence-corrected chi connectivity index (χ0v) is 13.4. The summed E-state index contributed by atoms with van der Waals surface area (Å²) in [6.07, 6.45) is 0.210. The van der Waals surface area contributed by atoms with Crippen LogP contribution in [0.4, 0.5) is 19.4 Å². The summed E-state index contributed by atoms with van der Waals surface area (Å²) in [5, 5.41) is 3.42. The lowest BCUT2D eigenvalue weighted by Gasteiger charge is -2.12. The van der Waals surface area contributed by atoms with Crippen molar-refractivity contribution in [3.63, 3.8) is 0 Å². The number of carbonyl (C=O) groups excluding carboxylic acids is 2. The molecule has 25 heavy (non-hydrogen) atoms. The van der Waals surface area contributed by atoms with E-state index in [4.69, 9.17) is 4.52 Å². The average Bonchev–Trinajstić information content (AvgIpc) is 3.22. The Morgan fingerprint density at radius 3 is 2.72 bits per heavy atom. The maximum absolute atomic E-state index is 14.0. The highest BCUT2D eigenvalue weighted by Crippen LogP contribution is 2.42. The Labute approximate surface area is 144 Å². The van der Waals surface area contributed by atoms with Crippen LogP contribution < -0.4 is 4.90 Å². The van der Waals surface area contributed by atoms with Crippen molar-refractivity contribution in [3.05, 3.63) is 59.2 Å². The van der Waals surface area contributed by atoms with Gasteiger partial charge in [0.15, 0.2) is 17.9 Å². The molecule has 0 saturated carbocycles. The maximum atomic E-state index is 14.0. The van der Waals surface area contributed by atoms with Crippen LogP contribution in [0.25, 0.3) is 11.0 Å². The lowest BCUT2D eigenvalue weighted by Crippen LogP contribution is -2.23. The number of hydrogen-bond acceptors (Lipinski definition) is 5. The van der Waals surface area contributed by atoms with Gasteiger partial charge in [-0.2, -0.15) is 4.39 Å². The molecule has 3 aromatic rings. The van der Waals surface area contributed by atoms with Gasteiger partial charge >= 0.3 is 0 Å². The van der Waals surface area contributed by atoms with E-state index in [1.165, 1.54) is 4.90 Å². The van der Waals surface area contributed by atoms with Gasteiger partial charge in [0.1, 0.15) is 0 Å². The van der Waals surface area contributed by atoms with Crippen molar-refractivity contribution in [2.75, 3.05) is 11.4 Å². The van der Waals surface area contributed by atoms with Crippen LogP contribution in [0, 0.1) is 11.6 Å². The van der Waals surface area contributed by atoms with Crippen LogP contribution in [-0.4, -0.2) is 23.2 Å². The number of thioether (sulfide) groups is 1. The highest BCUT2D eigenvalue weighted by Gasteiger charge is 2.36. The van der Waals surface area contributed by atoms with E-state index < -0.39 is 22.8 Å². The third-order valence-corrected chi connectivity index (χ3v) is 5.15. The molecule has 0 unspecified atom stereocenters. The topological polar surface area (TPSA) is 63.4 Å². The molecule has 1 amide bonds. The Bertz CT molecular complexity index is 990. The highest BCUT2D eigenvalue weighted by molar-refractivity contribution is 8.14. The van der Waals surface area contributed by atoms with E-state index >= 15 is 0 Å². The Balaban J connectivity index is 1.76. The third-order valence-electron chi connectivity index (χ3n) is 4.02. The summed E-state index contributed by atoms with van der Waals surface area (Å²) in [6.45, 7) is 0.310. The number of aldehydes is 1. The summed E-state index contributed by atoms with van der Waals surface area (Å²) in [4.78, 5) is 24.7. The van der Waals surface area contributed by atoms with E-state index in [0.717, 1.165) is 23.4 Å². The molecule has 2 aromatic carbocycles. The quantitative estimate of drug-likeness (QED) is 0.651. The largest absolute Gasteiger partial charge is 0.351 e. The minimum Gasteiger partial charge on any atom is -0.351 e. The second-order valence-electron chi connectivity index (χ2n) is 5.49. The zero-order valence-electron chi connectivity index (χ0n) is 12.6. The molecule has 0 bridgehead atoms. The molecule has 1 aliphatic rings. The number of benzene rings is 2. The number of aromatic nitrogens is 1. The number of rotatable bonds is 3. The lowest BCUT2D eigenvalue weighted by molar-refractivity contribution is 0.111. The molecule has 1 aliphatic heterocycles. The normalized spacial score (nSPS) is 17.4. The fraction of sp³-hybridized carbons (Fsp3) is 0.118. The van der Waals surface area contributed by atoms with Gasteiger partial charge in [-0.25, -0.2) is 4.39 Å². The first-order chi connectivity index (χ1) is 12.1. The molecule has 126 valence electrons. The highest BCUT2D eigenvalue weighted by atomic mass is 32.2. The van der Waals surface area contributed by atoms with Crippen LogP contribution in [0.2, 0.25) is 0 Å². The average molecular weight is 360 g/mol. The molecule has 1 saturated heterocycles. The minimum absolute atomic E-state index is 0.0768. The summed E-state index contributed by atoms with van der Waals surface area (Å²) in [5.74, 6) is -2.51. The summed E-state index contributed by atoms with van der Waals surface area (Å²) >= 11 is 1.12. The molecule has 4 rings (SSSR count). The van der Waals surface area contributed by atoms with Crippen molar-refractivity contribution in [2.45, 2.75) is 5.25 Å². The molecule has 0 N–H and O–H groups in total. The van der Waals surface area contributed by atoms with Crippen molar-refractivity contribution in [1.82, 2.24) is 5.16 Å². The number of fused-ring (bicyclic) bond motifs is 1. The van der Waals surface area contributed by atoms with Gasteiger partial charge in [-0.3, -0.25) is 14.5 Å². The van der Waals surface area contributed by atoms with Gasteiger partial charge in [-0.15, -0.1) is 0 Å². The molecule has 1 atom stereocenters. The van der Waals surface area contributed by atoms with Crippen LogP contribution in [0.5, 0.6) is 0 Å². The van der Waals surface area contributed by atoms with Gasteiger partial charge in [-0.1, -0.05) is 47.3 Å². The maximum Gasteiger partial charge on any atom is 0.288 e. The summed E-state index contributed by atoms with van der Waals surface area (Å²) < 4.78 is 32.6. The van der Waals surface area contributed by atoms with E-state index in [-0.39, 0.29) is 28.0 Å². The standard InChI is InChI=1S/C17H10F2N2O3S/c18-13-10(8-22)6-11-15(14(13)19)24-20-16(11)21-7-12(25-17(21)23)9-4-2-1-3-5-9/h1-6,8,12H,7H2/t12-/m1/s1. The second-order valence-corrected chi connectivity index (χ2v) is 6.64. The van der Waals surface area contributed by atoms with Crippen LogP contribution >= 0.6 is 11.8 Å². The van der Waals surface area contributed by atoms with Gasteiger partial charge in [0.2, 0.25) is 11.4 Å². The van der Waals surface area contributed by atoms with Gasteiger partial charge in [0.25, 0.3) is 5.24 Å². The van der Waals surface area contributed by atoms with Crippen molar-refractivity contribution in [1.29, 1.82) is 0 Å². The molecule has 2 heterocycles. The van der Waals surface area contributed by atoms with Gasteiger partial charge < -0.3 is 4.52 Å². The monoisotopic (exact) mass is 360 g/mol. The number of anilines is 1. The fourth-order valence-electron chi connectivity index (χ4n) is 2.78. The van der Waals surface area contributed by atoms with Gasteiger partial charge in [-0.05, 0) is 11.6 Å². The first-order valence-electron chi connectivity index (χ1n) is 7.35. The molecule has 0 spiro atoms. The van der Waals surface area contributed by atoms with E-state index in [2.05, 4.69) is 5.16 Å². The van der Waals surface area contributed by atoms with E-state index in [1.807, 2.05) is 30.3 Å². The number of hydrogen-bond donors (Lipinski definition) is 0. The number of halogens is 2. The number of carbonyl (C=O) groups is 2. The molecular formula is C17H10F2N2O3S. The summed E-state index contributed by atoms with van der Waals surface area (Å²) in [5.41, 5.74) is 0.106. The summed E-state index contributed by atoms with van der Waals surface area (Å²) in [6, 6.07) is 10.6. The van der Waals surface area contributed by atoms with Crippen molar-refractivity contribution < 1.29 is 22.9 Å². The first-order valence-corrected chi connectivity index (χ1v) is 8.23. The van der Waals surface area contributed by atoms with Gasteiger partial charge in [0.05, 0.1) is 16.2 Å². The van der Waals surface area contributed by atoms with Crippen LogP contribution in [0.3, 0.4) is 0 Å². The van der Waals surface area contributed by atoms with Crippen LogP contribution in [-0.2, 0) is 0 Å². The predicted molar refractivity (Wildman–Crippen MR) is 88.8 cm³/mol. The zero-order chi connectivity index (χ0) is 17.6. The molecule has 1 aromatic heterocycles. The molecule has 1 fully saturated rings. The first kappa shape index (κ1) is 15.8. The Morgan fingerprint density at radius 1 is 1.24 bits per heavy atom. The SMILES string of the molecule is O=Cc1cc2c(N3C[C@H](c4ccccc4)SC3=O)noc2c(F)c1F. The Kier molecular flexibility index (Phi) is 3.76. The Hall–Kier alpha value is -2.74. The predicted octanol–water partition coefficient (Wildman–Crippen LogP) is 4.33. The number of amides is 1. The fourth-order valence-corrected chi connectivity index (χ4v) is 3.83. The molecule has 0 radical (unpaired) electrons. The minimum atomic E-state index is -1.30. The molecular weight excluding hydrogens is 350 g/mol. The van der Waals surface area contributed by atoms with Crippen molar-refractivity contribution >= 4 is 40.1 Å². The lowest BCUT2D eigenvalue weighted by atomic mass is 10.1. The van der Waals surface area contributed by atoms with Crippen LogP contribution in [0.1, 0.15) is 21.2 Å². The molecule has 8 heteroatoms. The van der Waals surface area contributed by atoms with Gasteiger partial charge in [0, 0.05) is 6.54 Å². The van der Waals surface area contributed by atoms with Crippen molar-refractivity contribution in [2.24, 2.45) is 0 Å². The van der Waals surface area contributed by atoms with E-state index in [9.17, 15) is 18.4 Å². The van der Waals surface area contributed by atoms with E-state index in [0.29, 0.717) is 6.54 Å². The summed E-state index contributed by atoms with van der Waals surface area (Å²) in [7, 11) is 0. The third kappa shape index (κ3) is 2.49. The molecule has 0 aliphatic carbocycles. The van der Waals surface area contributed by atoms with E-state index in [1.54, 1.807) is 0 Å². The van der Waals surface area contributed by atoms with Crippen LogP contribution in [0.15, 0.2) is 40.9 Å². The smallest absolute Gasteiger partial charge is 0.288 e. The number of nitrogens with zero attached hydrogens (tertiary/aromatic N) is 2. The Morgan fingerprint density at radius 2 is 2.00 bits per heavy atom. The second kappa shape index (κ2) is 5.96. The molecule has 5 nitrogen and oxygen atoms in total. The van der Waals surface area contributed by atoms with Crippen molar-refractivity contribution in [3.8, 4) is 0 Å².